The first-order valence-electron chi connectivity index (χ1n) is 11.9. The highest BCUT2D eigenvalue weighted by atomic mass is 19.1. The van der Waals surface area contributed by atoms with Gasteiger partial charge in [-0.2, -0.15) is 0 Å². The summed E-state index contributed by atoms with van der Waals surface area (Å²) in [6.45, 7) is 2.92. The standard InChI is InChI=1S/C26H30FN3O5/c1-16-12-17(13-24(31)32)6-9-23(16)35-26(34)30-11-10-18-14-20(8-7-19(18)15-30)28-25(33)29-22-5-3-2-4-21(22)27/h2-5,7-8,14,16-17,23H,6,9-13,15H2,1H3,(H,31,32)(H2,28,29,33)/t16-,17+,23+/m0/s1. The van der Waals surface area contributed by atoms with Gasteiger partial charge in [0.05, 0.1) is 5.69 Å². The van der Waals surface area contributed by atoms with Crippen LogP contribution in [0.5, 0.6) is 0 Å². The van der Waals surface area contributed by atoms with Gasteiger partial charge in [-0.15, -0.1) is 0 Å². The van der Waals surface area contributed by atoms with E-state index in [4.69, 9.17) is 9.84 Å². The molecule has 3 N–H and O–H groups in total. The summed E-state index contributed by atoms with van der Waals surface area (Å²) in [5, 5.41) is 14.2. The fraction of sp³-hybridized carbons (Fsp3) is 0.423. The van der Waals surface area contributed by atoms with Gasteiger partial charge >= 0.3 is 18.1 Å². The topological polar surface area (TPSA) is 108 Å². The zero-order valence-electron chi connectivity index (χ0n) is 19.6. The molecule has 4 rings (SSSR count). The van der Waals surface area contributed by atoms with Crippen molar-refractivity contribution in [1.82, 2.24) is 4.90 Å². The third kappa shape index (κ3) is 6.29. The van der Waals surface area contributed by atoms with Crippen molar-refractivity contribution in [1.29, 1.82) is 0 Å². The molecule has 1 aliphatic carbocycles. The number of carbonyl (C=O) groups excluding carboxylic acids is 2. The van der Waals surface area contributed by atoms with Crippen LogP contribution < -0.4 is 10.6 Å². The van der Waals surface area contributed by atoms with Crippen LogP contribution in [-0.2, 0) is 22.5 Å². The van der Waals surface area contributed by atoms with Crippen LogP contribution in [0.3, 0.4) is 0 Å². The zero-order valence-corrected chi connectivity index (χ0v) is 19.6. The van der Waals surface area contributed by atoms with E-state index in [9.17, 15) is 18.8 Å². The van der Waals surface area contributed by atoms with Gasteiger partial charge in [-0.05, 0) is 72.9 Å². The molecule has 0 saturated heterocycles. The number of carbonyl (C=O) groups is 3. The van der Waals surface area contributed by atoms with Gasteiger partial charge in [-0.3, -0.25) is 4.79 Å². The van der Waals surface area contributed by atoms with Crippen molar-refractivity contribution in [3.05, 3.63) is 59.4 Å². The molecular formula is C26H30FN3O5. The molecule has 2 aliphatic rings. The number of amides is 3. The molecule has 186 valence electrons. The molecule has 2 aromatic rings. The minimum absolute atomic E-state index is 0.0989. The number of ether oxygens (including phenoxy) is 1. The fourth-order valence-corrected chi connectivity index (χ4v) is 4.93. The molecule has 3 atom stereocenters. The normalized spacial score (nSPS) is 21.5. The molecule has 3 amide bonds. The Hall–Kier alpha value is -3.62. The highest BCUT2D eigenvalue weighted by Gasteiger charge is 2.33. The molecule has 0 aromatic heterocycles. The van der Waals surface area contributed by atoms with Gasteiger partial charge in [-0.1, -0.05) is 25.1 Å². The molecule has 0 unspecified atom stereocenters. The van der Waals surface area contributed by atoms with E-state index in [1.165, 1.54) is 12.1 Å². The SMILES string of the molecule is C[C@H]1C[C@H](CC(=O)O)CC[C@H]1OC(=O)N1CCc2cc(NC(=O)Nc3ccccc3F)ccc2C1. The van der Waals surface area contributed by atoms with Crippen molar-refractivity contribution >= 4 is 29.5 Å². The van der Waals surface area contributed by atoms with Gasteiger partial charge in [-0.25, -0.2) is 14.0 Å². The second kappa shape index (κ2) is 10.8. The number of halogens is 1. The average Bonchev–Trinajstić information content (AvgIpc) is 2.81. The van der Waals surface area contributed by atoms with E-state index in [0.717, 1.165) is 24.0 Å². The lowest BCUT2D eigenvalue weighted by molar-refractivity contribution is -0.138. The van der Waals surface area contributed by atoms with Crippen molar-refractivity contribution in [2.75, 3.05) is 17.2 Å². The number of rotatable bonds is 5. The first-order valence-corrected chi connectivity index (χ1v) is 11.9. The molecule has 1 saturated carbocycles. The van der Waals surface area contributed by atoms with Gasteiger partial charge in [0.25, 0.3) is 0 Å². The van der Waals surface area contributed by atoms with Crippen LogP contribution in [0.1, 0.15) is 43.7 Å². The van der Waals surface area contributed by atoms with Crippen LogP contribution in [0.15, 0.2) is 42.5 Å². The maximum Gasteiger partial charge on any atom is 0.410 e. The number of anilines is 2. The van der Waals surface area contributed by atoms with E-state index >= 15 is 0 Å². The summed E-state index contributed by atoms with van der Waals surface area (Å²) < 4.78 is 19.5. The highest BCUT2D eigenvalue weighted by molar-refractivity contribution is 5.99. The lowest BCUT2D eigenvalue weighted by atomic mass is 9.79. The quantitative estimate of drug-likeness (QED) is 0.539. The number of nitrogens with one attached hydrogen (secondary N) is 2. The Morgan fingerprint density at radius 3 is 2.66 bits per heavy atom. The van der Waals surface area contributed by atoms with Crippen molar-refractivity contribution in [2.24, 2.45) is 11.8 Å². The van der Waals surface area contributed by atoms with E-state index in [0.29, 0.717) is 31.6 Å². The molecule has 0 radical (unpaired) electrons. The first-order chi connectivity index (χ1) is 16.8. The van der Waals surface area contributed by atoms with Crippen molar-refractivity contribution in [3.8, 4) is 0 Å². The van der Waals surface area contributed by atoms with Gasteiger partial charge in [0.1, 0.15) is 11.9 Å². The smallest absolute Gasteiger partial charge is 0.410 e. The highest BCUT2D eigenvalue weighted by Crippen LogP contribution is 2.33. The largest absolute Gasteiger partial charge is 0.481 e. The maximum atomic E-state index is 13.7. The Morgan fingerprint density at radius 1 is 1.11 bits per heavy atom. The number of aliphatic carboxylic acids is 1. The fourth-order valence-electron chi connectivity index (χ4n) is 4.93. The van der Waals surface area contributed by atoms with E-state index in [2.05, 4.69) is 10.6 Å². The summed E-state index contributed by atoms with van der Waals surface area (Å²) in [6, 6.07) is 10.9. The summed E-state index contributed by atoms with van der Waals surface area (Å²) in [6.07, 6.45) is 2.40. The Balaban J connectivity index is 1.30. The molecule has 8 nitrogen and oxygen atoms in total. The van der Waals surface area contributed by atoms with E-state index in [1.807, 2.05) is 19.1 Å². The van der Waals surface area contributed by atoms with Gasteiger partial charge in [0.2, 0.25) is 0 Å². The maximum absolute atomic E-state index is 13.7. The number of nitrogens with zero attached hydrogens (tertiary/aromatic N) is 1. The monoisotopic (exact) mass is 483 g/mol. The molecule has 0 bridgehead atoms. The summed E-state index contributed by atoms with van der Waals surface area (Å²) >= 11 is 0. The lowest BCUT2D eigenvalue weighted by Crippen LogP contribution is -2.41. The average molecular weight is 484 g/mol. The summed E-state index contributed by atoms with van der Waals surface area (Å²) in [5.41, 5.74) is 2.69. The molecule has 9 heteroatoms. The number of hydrogen-bond donors (Lipinski definition) is 3. The number of benzene rings is 2. The van der Waals surface area contributed by atoms with Crippen LogP contribution in [0.25, 0.3) is 0 Å². The molecular weight excluding hydrogens is 453 g/mol. The number of urea groups is 1. The van der Waals surface area contributed by atoms with Gasteiger partial charge in [0, 0.05) is 25.2 Å². The predicted molar refractivity (Wildman–Crippen MR) is 129 cm³/mol. The Bertz CT molecular complexity index is 1110. The number of hydrogen-bond acceptors (Lipinski definition) is 4. The molecule has 1 heterocycles. The van der Waals surface area contributed by atoms with Crippen LogP contribution >= 0.6 is 0 Å². The molecule has 35 heavy (non-hydrogen) atoms. The predicted octanol–water partition coefficient (Wildman–Crippen LogP) is 5.24. The van der Waals surface area contributed by atoms with E-state index < -0.39 is 17.8 Å². The van der Waals surface area contributed by atoms with E-state index in [-0.39, 0.29) is 36.1 Å². The number of para-hydroxylation sites is 1. The van der Waals surface area contributed by atoms with E-state index in [1.54, 1.807) is 23.1 Å². The Morgan fingerprint density at radius 2 is 1.91 bits per heavy atom. The van der Waals surface area contributed by atoms with Crippen LogP contribution in [0, 0.1) is 17.7 Å². The number of fused-ring (bicyclic) bond motifs is 1. The molecule has 0 spiro atoms. The van der Waals surface area contributed by atoms with Crippen LogP contribution in [0.4, 0.5) is 25.4 Å². The number of carboxylic acids is 1. The summed E-state index contributed by atoms with van der Waals surface area (Å²) in [5.74, 6) is -1.04. The summed E-state index contributed by atoms with van der Waals surface area (Å²) in [4.78, 5) is 37.7. The second-order valence-electron chi connectivity index (χ2n) is 9.39. The van der Waals surface area contributed by atoms with Crippen LogP contribution in [-0.4, -0.2) is 40.7 Å². The van der Waals surface area contributed by atoms with Crippen molar-refractivity contribution in [3.63, 3.8) is 0 Å². The summed E-state index contributed by atoms with van der Waals surface area (Å²) in [7, 11) is 0. The third-order valence-electron chi connectivity index (χ3n) is 6.77. The second-order valence-corrected chi connectivity index (χ2v) is 9.39. The Kier molecular flexibility index (Phi) is 7.53. The first kappa shape index (κ1) is 24.5. The molecule has 1 fully saturated rings. The molecule has 1 aliphatic heterocycles. The van der Waals surface area contributed by atoms with Crippen molar-refractivity contribution in [2.45, 2.75) is 51.7 Å². The van der Waals surface area contributed by atoms with Crippen molar-refractivity contribution < 1.29 is 28.6 Å². The Labute approximate surface area is 203 Å². The lowest BCUT2D eigenvalue weighted by Gasteiger charge is -2.35. The third-order valence-corrected chi connectivity index (χ3v) is 6.77. The molecule has 2 aromatic carbocycles. The van der Waals surface area contributed by atoms with Crippen LogP contribution in [0.2, 0.25) is 0 Å². The minimum Gasteiger partial charge on any atom is -0.481 e. The van der Waals surface area contributed by atoms with Gasteiger partial charge < -0.3 is 25.4 Å². The number of carboxylic acid groups (broad SMARTS) is 1. The van der Waals surface area contributed by atoms with Gasteiger partial charge in [0.15, 0.2) is 0 Å². The minimum atomic E-state index is -0.784. The zero-order chi connectivity index (χ0) is 24.9.